The Kier molecular flexibility index (Phi) is 4.05. The van der Waals surface area contributed by atoms with Gasteiger partial charge in [-0.1, -0.05) is 13.8 Å². The molecule has 0 bridgehead atoms. The van der Waals surface area contributed by atoms with E-state index < -0.39 is 0 Å². The van der Waals surface area contributed by atoms with Gasteiger partial charge in [0.1, 0.15) is 5.82 Å². The molecule has 0 radical (unpaired) electrons. The van der Waals surface area contributed by atoms with Crippen molar-refractivity contribution in [1.29, 1.82) is 0 Å². The lowest BCUT2D eigenvalue weighted by atomic mass is 9.92. The second kappa shape index (κ2) is 5.99. The Bertz CT molecular complexity index is 698. The van der Waals surface area contributed by atoms with Crippen LogP contribution in [0.5, 0.6) is 0 Å². The van der Waals surface area contributed by atoms with Crippen LogP contribution in [0.15, 0.2) is 18.3 Å². The molecule has 116 valence electrons. The van der Waals surface area contributed by atoms with Gasteiger partial charge in [-0.2, -0.15) is 0 Å². The number of hydrogen-bond donors (Lipinski definition) is 0. The lowest BCUT2D eigenvalue weighted by molar-refractivity contribution is -0.135. The van der Waals surface area contributed by atoms with E-state index in [0.29, 0.717) is 0 Å². The zero-order valence-corrected chi connectivity index (χ0v) is 13.4. The number of aryl methyl sites for hydroxylation is 1. The number of aromatic nitrogens is 3. The van der Waals surface area contributed by atoms with Crippen LogP contribution in [0.25, 0.3) is 11.0 Å². The monoisotopic (exact) mass is 298 g/mol. The van der Waals surface area contributed by atoms with Crippen molar-refractivity contribution in [2.24, 2.45) is 5.92 Å². The van der Waals surface area contributed by atoms with Gasteiger partial charge in [-0.05, 0) is 31.9 Å². The largest absolute Gasteiger partial charge is 0.342 e. The fraction of sp³-hybridized carbons (Fsp3) is 0.529. The molecule has 22 heavy (non-hydrogen) atoms. The number of rotatable bonds is 2. The summed E-state index contributed by atoms with van der Waals surface area (Å²) in [4.78, 5) is 27.7. The maximum Gasteiger partial charge on any atom is 0.225 e. The molecule has 1 amide bonds. The average Bonchev–Trinajstić information content (AvgIpc) is 2.53. The molecule has 1 atom stereocenters. The van der Waals surface area contributed by atoms with Crippen molar-refractivity contribution in [2.75, 3.05) is 13.1 Å². The van der Waals surface area contributed by atoms with Gasteiger partial charge in [-0.3, -0.25) is 4.79 Å². The summed E-state index contributed by atoms with van der Waals surface area (Å²) < 4.78 is 0. The van der Waals surface area contributed by atoms with Crippen molar-refractivity contribution >= 4 is 16.9 Å². The SMILES string of the molecule is Cc1nc(C2CCCN(C(=O)C(C)C)C2)c2cccnc2n1. The second-order valence-electron chi connectivity index (χ2n) is 6.31. The summed E-state index contributed by atoms with van der Waals surface area (Å²) in [6.07, 6.45) is 3.84. The Morgan fingerprint density at radius 3 is 2.95 bits per heavy atom. The summed E-state index contributed by atoms with van der Waals surface area (Å²) in [5.41, 5.74) is 1.79. The molecule has 0 aliphatic carbocycles. The van der Waals surface area contributed by atoms with E-state index >= 15 is 0 Å². The number of amides is 1. The number of pyridine rings is 1. The first-order valence-corrected chi connectivity index (χ1v) is 7.94. The topological polar surface area (TPSA) is 59.0 Å². The van der Waals surface area contributed by atoms with E-state index in [1.807, 2.05) is 37.8 Å². The molecular weight excluding hydrogens is 276 g/mol. The normalized spacial score (nSPS) is 18.9. The van der Waals surface area contributed by atoms with Gasteiger partial charge < -0.3 is 4.90 Å². The molecule has 2 aromatic heterocycles. The molecular formula is C17H22N4O. The minimum atomic E-state index is 0.0456. The van der Waals surface area contributed by atoms with Gasteiger partial charge in [0.25, 0.3) is 0 Å². The van der Waals surface area contributed by atoms with Crippen LogP contribution in [-0.2, 0) is 4.79 Å². The third-order valence-electron chi connectivity index (χ3n) is 4.23. The predicted molar refractivity (Wildman–Crippen MR) is 85.5 cm³/mol. The third kappa shape index (κ3) is 2.80. The predicted octanol–water partition coefficient (Wildman–Crippen LogP) is 2.70. The van der Waals surface area contributed by atoms with E-state index in [1.54, 1.807) is 6.20 Å². The Hall–Kier alpha value is -2.04. The number of nitrogens with zero attached hydrogens (tertiary/aromatic N) is 4. The highest BCUT2D eigenvalue weighted by Crippen LogP contribution is 2.30. The molecule has 1 fully saturated rings. The Morgan fingerprint density at radius 2 is 2.18 bits per heavy atom. The van der Waals surface area contributed by atoms with Gasteiger partial charge in [0.2, 0.25) is 5.91 Å². The quantitative estimate of drug-likeness (QED) is 0.855. The fourth-order valence-electron chi connectivity index (χ4n) is 3.18. The van der Waals surface area contributed by atoms with Crippen molar-refractivity contribution in [2.45, 2.75) is 39.5 Å². The molecule has 3 rings (SSSR count). The molecule has 1 aliphatic heterocycles. The van der Waals surface area contributed by atoms with Crippen LogP contribution < -0.4 is 0 Å². The zero-order valence-electron chi connectivity index (χ0n) is 13.4. The second-order valence-corrected chi connectivity index (χ2v) is 6.31. The van der Waals surface area contributed by atoms with E-state index in [1.165, 1.54) is 0 Å². The number of fused-ring (bicyclic) bond motifs is 1. The van der Waals surface area contributed by atoms with E-state index in [-0.39, 0.29) is 17.7 Å². The number of piperidine rings is 1. The molecule has 0 spiro atoms. The van der Waals surface area contributed by atoms with Crippen molar-refractivity contribution in [3.63, 3.8) is 0 Å². The standard InChI is InChI=1S/C17H22N4O/c1-11(2)17(22)21-9-5-6-13(10-21)15-14-7-4-8-18-16(14)20-12(3)19-15/h4,7-8,11,13H,5-6,9-10H2,1-3H3. The molecule has 1 saturated heterocycles. The molecule has 1 unspecified atom stereocenters. The van der Waals surface area contributed by atoms with Crippen LogP contribution in [0, 0.1) is 12.8 Å². The number of hydrogen-bond acceptors (Lipinski definition) is 4. The number of carbonyl (C=O) groups excluding carboxylic acids is 1. The van der Waals surface area contributed by atoms with Gasteiger partial charge in [0, 0.05) is 36.5 Å². The average molecular weight is 298 g/mol. The van der Waals surface area contributed by atoms with E-state index in [0.717, 1.165) is 48.5 Å². The van der Waals surface area contributed by atoms with E-state index in [2.05, 4.69) is 15.0 Å². The van der Waals surface area contributed by atoms with Crippen LogP contribution in [-0.4, -0.2) is 38.8 Å². The minimum absolute atomic E-state index is 0.0456. The van der Waals surface area contributed by atoms with Crippen molar-refractivity contribution < 1.29 is 4.79 Å². The molecule has 0 aromatic carbocycles. The molecule has 5 heteroatoms. The van der Waals surface area contributed by atoms with Crippen LogP contribution in [0.3, 0.4) is 0 Å². The smallest absolute Gasteiger partial charge is 0.225 e. The van der Waals surface area contributed by atoms with Gasteiger partial charge in [-0.15, -0.1) is 0 Å². The van der Waals surface area contributed by atoms with Crippen molar-refractivity contribution in [3.8, 4) is 0 Å². The van der Waals surface area contributed by atoms with Crippen molar-refractivity contribution in [3.05, 3.63) is 29.8 Å². The number of likely N-dealkylation sites (tertiary alicyclic amines) is 1. The molecule has 3 heterocycles. The first-order valence-electron chi connectivity index (χ1n) is 7.94. The summed E-state index contributed by atoms with van der Waals surface area (Å²) in [7, 11) is 0. The Morgan fingerprint density at radius 1 is 1.36 bits per heavy atom. The van der Waals surface area contributed by atoms with Gasteiger partial charge >= 0.3 is 0 Å². The summed E-state index contributed by atoms with van der Waals surface area (Å²) in [6, 6.07) is 3.95. The van der Waals surface area contributed by atoms with E-state index in [4.69, 9.17) is 0 Å². The summed E-state index contributed by atoms with van der Waals surface area (Å²) >= 11 is 0. The van der Waals surface area contributed by atoms with Crippen LogP contribution in [0.4, 0.5) is 0 Å². The number of carbonyl (C=O) groups is 1. The summed E-state index contributed by atoms with van der Waals surface area (Å²) in [5.74, 6) is 1.29. The van der Waals surface area contributed by atoms with Gasteiger partial charge in [0.15, 0.2) is 5.65 Å². The Balaban J connectivity index is 1.95. The maximum absolute atomic E-state index is 12.3. The molecule has 5 nitrogen and oxygen atoms in total. The first-order chi connectivity index (χ1) is 10.6. The van der Waals surface area contributed by atoms with Crippen LogP contribution in [0.2, 0.25) is 0 Å². The molecule has 1 aliphatic rings. The lowest BCUT2D eigenvalue weighted by Crippen LogP contribution is -2.41. The fourth-order valence-corrected chi connectivity index (χ4v) is 3.18. The van der Waals surface area contributed by atoms with Crippen molar-refractivity contribution in [1.82, 2.24) is 19.9 Å². The Labute approximate surface area is 130 Å². The maximum atomic E-state index is 12.3. The lowest BCUT2D eigenvalue weighted by Gasteiger charge is -2.34. The molecule has 0 saturated carbocycles. The van der Waals surface area contributed by atoms with Crippen LogP contribution in [0.1, 0.15) is 44.1 Å². The summed E-state index contributed by atoms with van der Waals surface area (Å²) in [5, 5.41) is 1.01. The summed E-state index contributed by atoms with van der Waals surface area (Å²) in [6.45, 7) is 7.42. The van der Waals surface area contributed by atoms with E-state index in [9.17, 15) is 4.79 Å². The highest BCUT2D eigenvalue weighted by atomic mass is 16.2. The first kappa shape index (κ1) is 14.9. The highest BCUT2D eigenvalue weighted by Gasteiger charge is 2.28. The van der Waals surface area contributed by atoms with Gasteiger partial charge in [-0.25, -0.2) is 15.0 Å². The highest BCUT2D eigenvalue weighted by molar-refractivity contribution is 5.79. The molecule has 2 aromatic rings. The zero-order chi connectivity index (χ0) is 15.7. The molecule has 0 N–H and O–H groups in total. The van der Waals surface area contributed by atoms with Gasteiger partial charge in [0.05, 0.1) is 5.69 Å². The van der Waals surface area contributed by atoms with Crippen LogP contribution >= 0.6 is 0 Å². The minimum Gasteiger partial charge on any atom is -0.342 e. The third-order valence-corrected chi connectivity index (χ3v) is 4.23.